The van der Waals surface area contributed by atoms with Crippen molar-refractivity contribution in [3.63, 3.8) is 0 Å². The molecule has 0 spiro atoms. The summed E-state index contributed by atoms with van der Waals surface area (Å²) in [7, 11) is 1.89. The SMILES string of the molecule is CN[C@@H](N=Cc1ccc(Cl)cc1)C(C)Br. The zero-order valence-electron chi connectivity index (χ0n) is 8.74. The summed E-state index contributed by atoms with van der Waals surface area (Å²) >= 11 is 9.28. The molecule has 0 bridgehead atoms. The van der Waals surface area contributed by atoms with E-state index in [1.54, 1.807) is 0 Å². The van der Waals surface area contributed by atoms with Crippen LogP contribution in [0.1, 0.15) is 12.5 Å². The van der Waals surface area contributed by atoms with Gasteiger partial charge in [-0.1, -0.05) is 39.7 Å². The third-order valence-electron chi connectivity index (χ3n) is 1.99. The summed E-state index contributed by atoms with van der Waals surface area (Å²) < 4.78 is 0. The van der Waals surface area contributed by atoms with Gasteiger partial charge in [0, 0.05) is 16.1 Å². The summed E-state index contributed by atoms with van der Waals surface area (Å²) in [5.41, 5.74) is 1.05. The number of rotatable bonds is 4. The maximum Gasteiger partial charge on any atom is 0.112 e. The summed E-state index contributed by atoms with van der Waals surface area (Å²) in [6.07, 6.45) is 1.93. The van der Waals surface area contributed by atoms with E-state index in [1.165, 1.54) is 0 Å². The van der Waals surface area contributed by atoms with Crippen molar-refractivity contribution in [2.24, 2.45) is 4.99 Å². The van der Waals surface area contributed by atoms with Crippen LogP contribution in [0.25, 0.3) is 0 Å². The second kappa shape index (κ2) is 6.26. The van der Waals surface area contributed by atoms with E-state index in [0.717, 1.165) is 10.6 Å². The molecule has 15 heavy (non-hydrogen) atoms. The first kappa shape index (κ1) is 12.7. The Balaban J connectivity index is 2.67. The van der Waals surface area contributed by atoms with Crippen molar-refractivity contribution in [1.82, 2.24) is 5.32 Å². The van der Waals surface area contributed by atoms with Gasteiger partial charge in [-0.3, -0.25) is 10.3 Å². The van der Waals surface area contributed by atoms with Crippen molar-refractivity contribution in [1.29, 1.82) is 0 Å². The van der Waals surface area contributed by atoms with Gasteiger partial charge in [0.15, 0.2) is 0 Å². The first-order valence-corrected chi connectivity index (χ1v) is 6.03. The summed E-state index contributed by atoms with van der Waals surface area (Å²) in [6, 6.07) is 7.60. The van der Waals surface area contributed by atoms with Crippen molar-refractivity contribution in [2.45, 2.75) is 17.9 Å². The summed E-state index contributed by atoms with van der Waals surface area (Å²) in [4.78, 5) is 4.71. The van der Waals surface area contributed by atoms with E-state index < -0.39 is 0 Å². The Kier molecular flexibility index (Phi) is 5.29. The second-order valence-electron chi connectivity index (χ2n) is 3.24. The van der Waals surface area contributed by atoms with Gasteiger partial charge >= 0.3 is 0 Å². The molecule has 0 aliphatic rings. The van der Waals surface area contributed by atoms with Gasteiger partial charge in [-0.25, -0.2) is 0 Å². The highest BCUT2D eigenvalue weighted by Gasteiger charge is 2.08. The molecule has 1 aromatic carbocycles. The average Bonchev–Trinajstić information content (AvgIpc) is 2.21. The standard InChI is InChI=1S/C11H14BrClN2/c1-8(12)11(14-2)15-7-9-3-5-10(13)6-4-9/h3-8,11,14H,1-2H3/t8?,11-/m0/s1. The fraction of sp³-hybridized carbons (Fsp3) is 0.364. The van der Waals surface area contributed by atoms with Gasteiger partial charge in [0.2, 0.25) is 0 Å². The molecule has 1 aromatic rings. The largest absolute Gasteiger partial charge is 0.298 e. The van der Waals surface area contributed by atoms with Crippen LogP contribution in [0.2, 0.25) is 5.02 Å². The lowest BCUT2D eigenvalue weighted by atomic mass is 10.2. The highest BCUT2D eigenvalue weighted by atomic mass is 79.9. The monoisotopic (exact) mass is 288 g/mol. The minimum Gasteiger partial charge on any atom is -0.298 e. The number of benzene rings is 1. The number of nitrogens with zero attached hydrogens (tertiary/aromatic N) is 1. The number of alkyl halides is 1. The molecule has 0 aromatic heterocycles. The quantitative estimate of drug-likeness (QED) is 0.668. The van der Waals surface area contributed by atoms with E-state index in [1.807, 2.05) is 37.5 Å². The minimum atomic E-state index is 0.0840. The van der Waals surface area contributed by atoms with Crippen molar-refractivity contribution in [2.75, 3.05) is 7.05 Å². The number of halogens is 2. The van der Waals surface area contributed by atoms with Crippen LogP contribution in [0.15, 0.2) is 29.3 Å². The van der Waals surface area contributed by atoms with Crippen LogP contribution in [0, 0.1) is 0 Å². The van der Waals surface area contributed by atoms with Gasteiger partial charge in [0.25, 0.3) is 0 Å². The highest BCUT2D eigenvalue weighted by Crippen LogP contribution is 2.09. The Morgan fingerprint density at radius 3 is 2.47 bits per heavy atom. The van der Waals surface area contributed by atoms with Gasteiger partial charge in [0.05, 0.1) is 0 Å². The molecule has 1 N–H and O–H groups in total. The van der Waals surface area contributed by atoms with Crippen molar-refractivity contribution in [3.05, 3.63) is 34.9 Å². The van der Waals surface area contributed by atoms with Crippen LogP contribution < -0.4 is 5.32 Å². The summed E-state index contributed by atoms with van der Waals surface area (Å²) in [5.74, 6) is 0. The Labute approximate surface area is 104 Å². The zero-order chi connectivity index (χ0) is 11.3. The summed E-state index contributed by atoms with van der Waals surface area (Å²) in [6.45, 7) is 2.06. The molecule has 0 aliphatic carbocycles. The zero-order valence-corrected chi connectivity index (χ0v) is 11.1. The van der Waals surface area contributed by atoms with E-state index in [0.29, 0.717) is 4.83 Å². The first-order valence-electron chi connectivity index (χ1n) is 4.73. The molecule has 0 radical (unpaired) electrons. The topological polar surface area (TPSA) is 24.4 Å². The lowest BCUT2D eigenvalue weighted by Gasteiger charge is -2.13. The summed E-state index contributed by atoms with van der Waals surface area (Å²) in [5, 5.41) is 3.85. The Morgan fingerprint density at radius 1 is 1.40 bits per heavy atom. The molecule has 0 fully saturated rings. The fourth-order valence-electron chi connectivity index (χ4n) is 1.14. The van der Waals surface area contributed by atoms with Crippen LogP contribution in [-0.2, 0) is 0 Å². The van der Waals surface area contributed by atoms with E-state index in [4.69, 9.17) is 11.6 Å². The number of hydrogen-bond donors (Lipinski definition) is 1. The molecule has 2 nitrogen and oxygen atoms in total. The molecule has 1 unspecified atom stereocenters. The smallest absolute Gasteiger partial charge is 0.112 e. The molecule has 82 valence electrons. The van der Waals surface area contributed by atoms with Gasteiger partial charge < -0.3 is 0 Å². The molecule has 2 atom stereocenters. The Hall–Kier alpha value is -0.380. The van der Waals surface area contributed by atoms with E-state index in [-0.39, 0.29) is 6.17 Å². The van der Waals surface area contributed by atoms with Gasteiger partial charge in [-0.2, -0.15) is 0 Å². The Bertz CT molecular complexity index is 322. The molecular weight excluding hydrogens is 275 g/mol. The maximum absolute atomic E-state index is 5.79. The van der Waals surface area contributed by atoms with Gasteiger partial charge in [-0.15, -0.1) is 0 Å². The third-order valence-corrected chi connectivity index (χ3v) is 2.74. The van der Waals surface area contributed by atoms with Crippen LogP contribution in [-0.4, -0.2) is 24.3 Å². The number of aliphatic imine (C=N–C) groups is 1. The molecule has 0 saturated heterocycles. The highest BCUT2D eigenvalue weighted by molar-refractivity contribution is 9.09. The average molecular weight is 290 g/mol. The lowest BCUT2D eigenvalue weighted by molar-refractivity contribution is 0.590. The normalized spacial score (nSPS) is 15.5. The predicted molar refractivity (Wildman–Crippen MR) is 70.3 cm³/mol. The van der Waals surface area contributed by atoms with E-state index in [2.05, 4.69) is 33.2 Å². The molecule has 0 saturated carbocycles. The predicted octanol–water partition coefficient (Wildman–Crippen LogP) is 3.09. The molecule has 1 rings (SSSR count). The number of nitrogens with one attached hydrogen (secondary N) is 1. The van der Waals surface area contributed by atoms with Crippen molar-refractivity contribution in [3.8, 4) is 0 Å². The Morgan fingerprint density at radius 2 is 2.00 bits per heavy atom. The van der Waals surface area contributed by atoms with E-state index >= 15 is 0 Å². The van der Waals surface area contributed by atoms with Gasteiger partial charge in [-0.05, 0) is 31.7 Å². The van der Waals surface area contributed by atoms with Crippen LogP contribution in [0.4, 0.5) is 0 Å². The van der Waals surface area contributed by atoms with Crippen molar-refractivity contribution < 1.29 is 0 Å². The lowest BCUT2D eigenvalue weighted by Crippen LogP contribution is -2.30. The first-order chi connectivity index (χ1) is 7.13. The molecule has 4 heteroatoms. The second-order valence-corrected chi connectivity index (χ2v) is 5.12. The molecular formula is C11H14BrClN2. The van der Waals surface area contributed by atoms with Crippen molar-refractivity contribution >= 4 is 33.7 Å². The maximum atomic E-state index is 5.79. The minimum absolute atomic E-state index is 0.0840. The van der Waals surface area contributed by atoms with Crippen LogP contribution in [0.3, 0.4) is 0 Å². The molecule has 0 aliphatic heterocycles. The van der Waals surface area contributed by atoms with Gasteiger partial charge in [0.1, 0.15) is 6.17 Å². The fourth-order valence-corrected chi connectivity index (χ4v) is 1.66. The molecule has 0 heterocycles. The van der Waals surface area contributed by atoms with Crippen LogP contribution in [0.5, 0.6) is 0 Å². The van der Waals surface area contributed by atoms with E-state index in [9.17, 15) is 0 Å². The van der Waals surface area contributed by atoms with Crippen LogP contribution >= 0.6 is 27.5 Å². The molecule has 0 amide bonds. The third kappa shape index (κ3) is 4.33. The number of hydrogen-bond acceptors (Lipinski definition) is 2.